The summed E-state index contributed by atoms with van der Waals surface area (Å²) >= 11 is 0. The van der Waals surface area contributed by atoms with Crippen molar-refractivity contribution in [3.05, 3.63) is 11.9 Å². The third-order valence-corrected chi connectivity index (χ3v) is 5.99. The molecule has 1 saturated heterocycles. The summed E-state index contributed by atoms with van der Waals surface area (Å²) < 4.78 is 29.1. The minimum absolute atomic E-state index is 0.0980. The average Bonchev–Trinajstić information content (AvgIpc) is 2.77. The van der Waals surface area contributed by atoms with Gasteiger partial charge >= 0.3 is 0 Å². The lowest BCUT2D eigenvalue weighted by atomic mass is 10.1. The van der Waals surface area contributed by atoms with Crippen LogP contribution in [0.5, 0.6) is 0 Å². The summed E-state index contributed by atoms with van der Waals surface area (Å²) in [6.07, 6.45) is 4.04. The van der Waals surface area contributed by atoms with E-state index in [2.05, 4.69) is 10.4 Å². The molecular formula is C13H24N4O2S. The van der Waals surface area contributed by atoms with Crippen LogP contribution in [-0.2, 0) is 17.1 Å². The summed E-state index contributed by atoms with van der Waals surface area (Å²) in [7, 11) is -1.68. The Balaban J connectivity index is 2.34. The zero-order chi connectivity index (χ0) is 14.8. The van der Waals surface area contributed by atoms with Crippen molar-refractivity contribution in [2.24, 2.45) is 7.05 Å². The summed E-state index contributed by atoms with van der Waals surface area (Å²) in [6, 6.07) is 0.0980. The number of rotatable bonds is 5. The van der Waals surface area contributed by atoms with Crippen molar-refractivity contribution < 1.29 is 8.42 Å². The van der Waals surface area contributed by atoms with Crippen molar-refractivity contribution in [2.75, 3.05) is 19.6 Å². The summed E-state index contributed by atoms with van der Waals surface area (Å²) in [6.45, 7) is 6.15. The van der Waals surface area contributed by atoms with Crippen molar-refractivity contribution in [3.8, 4) is 0 Å². The van der Waals surface area contributed by atoms with E-state index in [0.717, 1.165) is 32.4 Å². The molecule has 1 aromatic heterocycles. The van der Waals surface area contributed by atoms with Gasteiger partial charge in [-0.2, -0.15) is 9.40 Å². The van der Waals surface area contributed by atoms with Gasteiger partial charge in [-0.25, -0.2) is 8.42 Å². The van der Waals surface area contributed by atoms with E-state index >= 15 is 0 Å². The molecule has 1 aliphatic rings. The summed E-state index contributed by atoms with van der Waals surface area (Å²) in [4.78, 5) is 0.340. The van der Waals surface area contributed by atoms with Gasteiger partial charge < -0.3 is 5.32 Å². The lowest BCUT2D eigenvalue weighted by Gasteiger charge is -2.33. The molecule has 2 heterocycles. The fourth-order valence-corrected chi connectivity index (χ4v) is 4.64. The number of nitrogens with one attached hydrogen (secondary N) is 1. The second-order valence-electron chi connectivity index (χ2n) is 5.31. The van der Waals surface area contributed by atoms with Crippen LogP contribution in [0, 0.1) is 6.92 Å². The minimum atomic E-state index is -3.45. The van der Waals surface area contributed by atoms with Crippen LogP contribution < -0.4 is 5.32 Å². The van der Waals surface area contributed by atoms with Crippen LogP contribution in [0.2, 0.25) is 0 Å². The van der Waals surface area contributed by atoms with E-state index in [9.17, 15) is 8.42 Å². The van der Waals surface area contributed by atoms with E-state index in [1.165, 1.54) is 6.20 Å². The van der Waals surface area contributed by atoms with Crippen molar-refractivity contribution in [1.82, 2.24) is 19.4 Å². The number of hydrogen-bond donors (Lipinski definition) is 1. The Morgan fingerprint density at radius 3 is 2.60 bits per heavy atom. The standard InChI is InChI=1S/C13H24N4O2S/c1-4-9-17(12-5-7-14-8-6-12)20(18,19)13-10-15-16(3)11(13)2/h10,12,14H,4-9H2,1-3H3. The van der Waals surface area contributed by atoms with Crippen LogP contribution in [0.25, 0.3) is 0 Å². The lowest BCUT2D eigenvalue weighted by molar-refractivity contribution is 0.262. The fraction of sp³-hybridized carbons (Fsp3) is 0.769. The Labute approximate surface area is 121 Å². The zero-order valence-electron chi connectivity index (χ0n) is 12.5. The molecule has 0 amide bonds. The first kappa shape index (κ1) is 15.5. The second kappa shape index (κ2) is 6.24. The van der Waals surface area contributed by atoms with Crippen molar-refractivity contribution in [3.63, 3.8) is 0 Å². The highest BCUT2D eigenvalue weighted by atomic mass is 32.2. The molecule has 7 heteroatoms. The van der Waals surface area contributed by atoms with Gasteiger partial charge in [0.2, 0.25) is 10.0 Å². The van der Waals surface area contributed by atoms with Gasteiger partial charge in [-0.15, -0.1) is 0 Å². The van der Waals surface area contributed by atoms with Crippen molar-refractivity contribution >= 4 is 10.0 Å². The number of hydrogen-bond acceptors (Lipinski definition) is 4. The average molecular weight is 300 g/mol. The Bertz CT molecular complexity index is 547. The molecule has 0 atom stereocenters. The summed E-state index contributed by atoms with van der Waals surface area (Å²) in [5.74, 6) is 0. The highest BCUT2D eigenvalue weighted by Gasteiger charge is 2.33. The Kier molecular flexibility index (Phi) is 4.82. The molecule has 0 bridgehead atoms. The van der Waals surface area contributed by atoms with Gasteiger partial charge in [0.1, 0.15) is 4.90 Å². The monoisotopic (exact) mass is 300 g/mol. The molecule has 1 aliphatic heterocycles. The van der Waals surface area contributed by atoms with Crippen LogP contribution in [0.3, 0.4) is 0 Å². The maximum absolute atomic E-state index is 12.9. The van der Waals surface area contributed by atoms with Crippen molar-refractivity contribution in [2.45, 2.75) is 44.0 Å². The molecule has 0 unspecified atom stereocenters. The van der Waals surface area contributed by atoms with Gasteiger partial charge in [0, 0.05) is 19.6 Å². The van der Waals surface area contributed by atoms with E-state index < -0.39 is 10.0 Å². The van der Waals surface area contributed by atoms with E-state index in [1.807, 2.05) is 6.92 Å². The van der Waals surface area contributed by atoms with E-state index in [-0.39, 0.29) is 6.04 Å². The predicted molar refractivity (Wildman–Crippen MR) is 78.0 cm³/mol. The minimum Gasteiger partial charge on any atom is -0.317 e. The van der Waals surface area contributed by atoms with Gasteiger partial charge in [-0.05, 0) is 39.3 Å². The smallest absolute Gasteiger partial charge is 0.246 e. The molecule has 0 spiro atoms. The van der Waals surface area contributed by atoms with Crippen LogP contribution in [0.15, 0.2) is 11.1 Å². The van der Waals surface area contributed by atoms with Crippen LogP contribution in [0.4, 0.5) is 0 Å². The molecule has 114 valence electrons. The van der Waals surface area contributed by atoms with E-state index in [0.29, 0.717) is 17.1 Å². The third-order valence-electron chi connectivity index (χ3n) is 3.94. The molecular weight excluding hydrogens is 276 g/mol. The maximum Gasteiger partial charge on any atom is 0.246 e. The Morgan fingerprint density at radius 1 is 1.45 bits per heavy atom. The fourth-order valence-electron chi connectivity index (χ4n) is 2.67. The maximum atomic E-state index is 12.9. The first-order valence-corrected chi connectivity index (χ1v) is 8.63. The number of sulfonamides is 1. The first-order valence-electron chi connectivity index (χ1n) is 7.19. The van der Waals surface area contributed by atoms with Gasteiger partial charge in [0.05, 0.1) is 11.9 Å². The largest absolute Gasteiger partial charge is 0.317 e. The van der Waals surface area contributed by atoms with Crippen LogP contribution >= 0.6 is 0 Å². The molecule has 0 aliphatic carbocycles. The summed E-state index contributed by atoms with van der Waals surface area (Å²) in [5, 5.41) is 7.35. The molecule has 6 nitrogen and oxygen atoms in total. The van der Waals surface area contributed by atoms with Gasteiger partial charge in [0.25, 0.3) is 0 Å². The highest BCUT2D eigenvalue weighted by molar-refractivity contribution is 7.89. The van der Waals surface area contributed by atoms with Crippen LogP contribution in [-0.4, -0.2) is 48.2 Å². The number of aromatic nitrogens is 2. The molecule has 0 aromatic carbocycles. The van der Waals surface area contributed by atoms with Crippen LogP contribution in [0.1, 0.15) is 31.9 Å². The predicted octanol–water partition coefficient (Wildman–Crippen LogP) is 0.881. The van der Waals surface area contributed by atoms with E-state index in [4.69, 9.17) is 0 Å². The SMILES string of the molecule is CCCN(C1CCNCC1)S(=O)(=O)c1cnn(C)c1C. The molecule has 2 rings (SSSR count). The second-order valence-corrected chi connectivity index (χ2v) is 7.17. The number of nitrogens with zero attached hydrogens (tertiary/aromatic N) is 3. The van der Waals surface area contributed by atoms with Gasteiger partial charge in [-0.3, -0.25) is 4.68 Å². The topological polar surface area (TPSA) is 67.2 Å². The van der Waals surface area contributed by atoms with Crippen molar-refractivity contribution in [1.29, 1.82) is 0 Å². The molecule has 1 aromatic rings. The molecule has 1 fully saturated rings. The van der Waals surface area contributed by atoms with E-state index in [1.54, 1.807) is 23.0 Å². The highest BCUT2D eigenvalue weighted by Crippen LogP contribution is 2.24. The normalized spacial score (nSPS) is 17.8. The van der Waals surface area contributed by atoms with Gasteiger partial charge in [-0.1, -0.05) is 6.92 Å². The molecule has 0 radical (unpaired) electrons. The number of piperidine rings is 1. The number of aryl methyl sites for hydroxylation is 1. The quantitative estimate of drug-likeness (QED) is 0.876. The molecule has 1 N–H and O–H groups in total. The van der Waals surface area contributed by atoms with Gasteiger partial charge in [0.15, 0.2) is 0 Å². The Morgan fingerprint density at radius 2 is 2.10 bits per heavy atom. The Hall–Kier alpha value is -0.920. The third kappa shape index (κ3) is 2.89. The lowest BCUT2D eigenvalue weighted by Crippen LogP contribution is -2.46. The molecule has 20 heavy (non-hydrogen) atoms. The molecule has 0 saturated carbocycles. The summed E-state index contributed by atoms with van der Waals surface area (Å²) in [5.41, 5.74) is 0.694. The zero-order valence-corrected chi connectivity index (χ0v) is 13.3. The first-order chi connectivity index (χ1) is 9.48.